The topological polar surface area (TPSA) is 37.8 Å². The molecule has 2 aromatic rings. The Labute approximate surface area is 104 Å². The normalized spacial score (nSPS) is 12.4. The second kappa shape index (κ2) is 5.23. The molecule has 0 bridgehead atoms. The van der Waals surface area contributed by atoms with E-state index in [4.69, 9.17) is 0 Å². The summed E-state index contributed by atoms with van der Waals surface area (Å²) >= 11 is 1.54. The van der Waals surface area contributed by atoms with Crippen LogP contribution < -0.4 is 5.32 Å². The maximum absolute atomic E-state index is 12.7. The zero-order valence-electron chi connectivity index (χ0n) is 9.77. The van der Waals surface area contributed by atoms with Gasteiger partial charge in [-0.2, -0.15) is 0 Å². The predicted molar refractivity (Wildman–Crippen MR) is 67.8 cm³/mol. The summed E-state index contributed by atoms with van der Waals surface area (Å²) in [5.41, 5.74) is 1.10. The highest BCUT2D eigenvalue weighted by molar-refractivity contribution is 7.15. The Balaban J connectivity index is 1.93. The molecule has 0 fully saturated rings. The van der Waals surface area contributed by atoms with Gasteiger partial charge in [0.25, 0.3) is 0 Å². The fraction of sp³-hybridized carbons (Fsp3) is 0.333. The summed E-state index contributed by atoms with van der Waals surface area (Å²) in [6, 6.07) is 6.82. The van der Waals surface area contributed by atoms with Gasteiger partial charge in [-0.25, -0.2) is 4.39 Å². The van der Waals surface area contributed by atoms with Crippen LogP contribution in [-0.2, 0) is 6.42 Å². The molecule has 0 spiro atoms. The van der Waals surface area contributed by atoms with Crippen molar-refractivity contribution >= 4 is 16.5 Å². The number of benzene rings is 1. The summed E-state index contributed by atoms with van der Waals surface area (Å²) in [6.45, 7) is 3.99. The maximum atomic E-state index is 12.7. The predicted octanol–water partition coefficient (Wildman–Crippen LogP) is 3.03. The zero-order chi connectivity index (χ0) is 12.3. The second-order valence-electron chi connectivity index (χ2n) is 4.00. The molecule has 0 aliphatic carbocycles. The molecule has 1 atom stereocenters. The van der Waals surface area contributed by atoms with E-state index in [1.165, 1.54) is 23.5 Å². The molecule has 0 saturated heterocycles. The number of halogens is 1. The lowest BCUT2D eigenvalue weighted by atomic mass is 10.1. The molecule has 0 aliphatic heterocycles. The number of aryl methyl sites for hydroxylation is 1. The first-order valence-corrected chi connectivity index (χ1v) is 6.26. The summed E-state index contributed by atoms with van der Waals surface area (Å²) in [4.78, 5) is 0. The Kier molecular flexibility index (Phi) is 3.68. The van der Waals surface area contributed by atoms with Crippen LogP contribution in [-0.4, -0.2) is 16.2 Å². The fourth-order valence-electron chi connectivity index (χ4n) is 1.59. The highest BCUT2D eigenvalue weighted by atomic mass is 32.1. The molecule has 0 radical (unpaired) electrons. The molecule has 1 N–H and O–H groups in total. The van der Waals surface area contributed by atoms with Crippen molar-refractivity contribution in [3.8, 4) is 0 Å². The molecule has 1 aromatic carbocycles. The molecule has 0 amide bonds. The minimum Gasteiger partial charge on any atom is -0.357 e. The van der Waals surface area contributed by atoms with E-state index in [1.54, 1.807) is 12.1 Å². The van der Waals surface area contributed by atoms with Crippen molar-refractivity contribution in [2.24, 2.45) is 0 Å². The van der Waals surface area contributed by atoms with Gasteiger partial charge >= 0.3 is 0 Å². The van der Waals surface area contributed by atoms with Gasteiger partial charge in [0, 0.05) is 6.04 Å². The van der Waals surface area contributed by atoms with Gasteiger partial charge < -0.3 is 5.32 Å². The molecule has 1 aromatic heterocycles. The fourth-order valence-corrected chi connectivity index (χ4v) is 2.29. The summed E-state index contributed by atoms with van der Waals surface area (Å²) in [7, 11) is 0. The van der Waals surface area contributed by atoms with Gasteiger partial charge in [-0.05, 0) is 38.0 Å². The minimum atomic E-state index is -0.200. The summed E-state index contributed by atoms with van der Waals surface area (Å²) in [5.74, 6) is -0.200. The van der Waals surface area contributed by atoms with Crippen LogP contribution in [0.1, 0.15) is 17.5 Å². The molecule has 3 nitrogen and oxygen atoms in total. The van der Waals surface area contributed by atoms with Crippen molar-refractivity contribution in [2.75, 3.05) is 5.32 Å². The van der Waals surface area contributed by atoms with Gasteiger partial charge in [0.1, 0.15) is 10.8 Å². The number of nitrogens with zero attached hydrogens (tertiary/aromatic N) is 2. The van der Waals surface area contributed by atoms with E-state index in [0.29, 0.717) is 0 Å². The molecule has 0 saturated carbocycles. The lowest BCUT2D eigenvalue weighted by molar-refractivity contribution is 0.626. The van der Waals surface area contributed by atoms with Gasteiger partial charge in [0.15, 0.2) is 0 Å². The second-order valence-corrected chi connectivity index (χ2v) is 5.18. The molecular weight excluding hydrogens is 237 g/mol. The van der Waals surface area contributed by atoms with Crippen LogP contribution in [0.15, 0.2) is 24.3 Å². The van der Waals surface area contributed by atoms with Gasteiger partial charge in [-0.1, -0.05) is 23.5 Å². The number of aromatic nitrogens is 2. The van der Waals surface area contributed by atoms with Crippen molar-refractivity contribution in [1.29, 1.82) is 0 Å². The van der Waals surface area contributed by atoms with Gasteiger partial charge in [0.05, 0.1) is 0 Å². The highest BCUT2D eigenvalue weighted by Gasteiger charge is 2.06. The molecule has 1 unspecified atom stereocenters. The summed E-state index contributed by atoms with van der Waals surface area (Å²) in [5, 5.41) is 13.0. The smallest absolute Gasteiger partial charge is 0.205 e. The SMILES string of the molecule is Cc1nnc(NC(C)Cc2ccc(F)cc2)s1. The summed E-state index contributed by atoms with van der Waals surface area (Å²) in [6.07, 6.45) is 0.832. The van der Waals surface area contributed by atoms with Gasteiger partial charge in [-0.3, -0.25) is 0 Å². The highest BCUT2D eigenvalue weighted by Crippen LogP contribution is 2.16. The van der Waals surface area contributed by atoms with E-state index in [2.05, 4.69) is 22.4 Å². The number of anilines is 1. The average molecular weight is 251 g/mol. The molecule has 5 heteroatoms. The molecule has 17 heavy (non-hydrogen) atoms. The van der Waals surface area contributed by atoms with Crippen LogP contribution >= 0.6 is 11.3 Å². The lowest BCUT2D eigenvalue weighted by Gasteiger charge is -2.12. The van der Waals surface area contributed by atoms with Crippen LogP contribution in [0.3, 0.4) is 0 Å². The Hall–Kier alpha value is -1.49. The van der Waals surface area contributed by atoms with Crippen molar-refractivity contribution in [3.63, 3.8) is 0 Å². The largest absolute Gasteiger partial charge is 0.357 e. The van der Waals surface area contributed by atoms with Crippen LogP contribution in [0.25, 0.3) is 0 Å². The third-order valence-corrected chi connectivity index (χ3v) is 3.12. The van der Waals surface area contributed by atoms with Crippen molar-refractivity contribution in [1.82, 2.24) is 10.2 Å². The van der Waals surface area contributed by atoms with E-state index in [-0.39, 0.29) is 11.9 Å². The van der Waals surface area contributed by atoms with Crippen molar-refractivity contribution in [3.05, 3.63) is 40.7 Å². The van der Waals surface area contributed by atoms with E-state index >= 15 is 0 Å². The van der Waals surface area contributed by atoms with E-state index in [0.717, 1.165) is 22.1 Å². The van der Waals surface area contributed by atoms with E-state index < -0.39 is 0 Å². The van der Waals surface area contributed by atoms with Crippen molar-refractivity contribution in [2.45, 2.75) is 26.3 Å². The summed E-state index contributed by atoms with van der Waals surface area (Å²) < 4.78 is 12.7. The molecule has 90 valence electrons. The lowest BCUT2D eigenvalue weighted by Crippen LogP contribution is -2.17. The number of hydrogen-bond acceptors (Lipinski definition) is 4. The number of hydrogen-bond donors (Lipinski definition) is 1. The molecule has 0 aliphatic rings. The third-order valence-electron chi connectivity index (χ3n) is 2.35. The third kappa shape index (κ3) is 3.49. The van der Waals surface area contributed by atoms with Crippen LogP contribution in [0.2, 0.25) is 0 Å². The first-order valence-electron chi connectivity index (χ1n) is 5.44. The Morgan fingerprint density at radius 2 is 2.00 bits per heavy atom. The average Bonchev–Trinajstić information content (AvgIpc) is 2.67. The quantitative estimate of drug-likeness (QED) is 0.907. The van der Waals surface area contributed by atoms with E-state index in [9.17, 15) is 4.39 Å². The van der Waals surface area contributed by atoms with Crippen LogP contribution in [0.5, 0.6) is 0 Å². The Bertz CT molecular complexity index is 481. The number of nitrogens with one attached hydrogen (secondary N) is 1. The maximum Gasteiger partial charge on any atom is 0.205 e. The number of rotatable bonds is 4. The van der Waals surface area contributed by atoms with Gasteiger partial charge in [-0.15, -0.1) is 10.2 Å². The zero-order valence-corrected chi connectivity index (χ0v) is 10.6. The van der Waals surface area contributed by atoms with Crippen LogP contribution in [0, 0.1) is 12.7 Å². The van der Waals surface area contributed by atoms with E-state index in [1.807, 2.05) is 6.92 Å². The molecule has 2 rings (SSSR count). The Morgan fingerprint density at radius 3 is 2.59 bits per heavy atom. The minimum absolute atomic E-state index is 0.200. The van der Waals surface area contributed by atoms with Gasteiger partial charge in [0.2, 0.25) is 5.13 Å². The van der Waals surface area contributed by atoms with Crippen molar-refractivity contribution < 1.29 is 4.39 Å². The standard InChI is InChI=1S/C12H14FN3S/c1-8(14-12-16-15-9(2)17-12)7-10-3-5-11(13)6-4-10/h3-6,8H,7H2,1-2H3,(H,14,16). The first-order chi connectivity index (χ1) is 8.13. The van der Waals surface area contributed by atoms with Crippen LogP contribution in [0.4, 0.5) is 9.52 Å². The first kappa shape index (κ1) is 12.0. The molecule has 1 heterocycles. The molecular formula is C12H14FN3S. The monoisotopic (exact) mass is 251 g/mol. The Morgan fingerprint density at radius 1 is 1.29 bits per heavy atom.